The molecule has 0 radical (unpaired) electrons. The fraction of sp³-hybridized carbons (Fsp3) is 0.118. The zero-order valence-corrected chi connectivity index (χ0v) is 11.9. The van der Waals surface area contributed by atoms with Crippen LogP contribution >= 0.6 is 11.6 Å². The van der Waals surface area contributed by atoms with Crippen LogP contribution in [0, 0.1) is 6.92 Å². The molecule has 0 saturated heterocycles. The van der Waals surface area contributed by atoms with E-state index in [0.29, 0.717) is 5.88 Å². The number of para-hydroxylation sites is 1. The Labute approximate surface area is 123 Å². The van der Waals surface area contributed by atoms with Crippen molar-refractivity contribution in [3.05, 3.63) is 65.9 Å². The van der Waals surface area contributed by atoms with Gasteiger partial charge in [-0.1, -0.05) is 30.3 Å². The summed E-state index contributed by atoms with van der Waals surface area (Å²) in [6.07, 6.45) is 1.78. The lowest BCUT2D eigenvalue weighted by molar-refractivity contribution is 0.483. The number of aryl methyl sites for hydroxylation is 1. The van der Waals surface area contributed by atoms with Crippen molar-refractivity contribution in [2.24, 2.45) is 0 Å². The summed E-state index contributed by atoms with van der Waals surface area (Å²) in [6, 6.07) is 15.9. The molecule has 0 atom stereocenters. The molecule has 0 bridgehead atoms. The van der Waals surface area contributed by atoms with Crippen LogP contribution in [0.1, 0.15) is 11.1 Å². The number of pyridine rings is 1. The van der Waals surface area contributed by atoms with Crippen LogP contribution in [0.5, 0.6) is 11.5 Å². The van der Waals surface area contributed by atoms with Gasteiger partial charge in [0, 0.05) is 17.5 Å². The van der Waals surface area contributed by atoms with Gasteiger partial charge in [-0.25, -0.2) is 0 Å². The first-order chi connectivity index (χ1) is 9.78. The second kappa shape index (κ2) is 5.51. The van der Waals surface area contributed by atoms with Crippen molar-refractivity contribution in [2.45, 2.75) is 12.8 Å². The van der Waals surface area contributed by atoms with Crippen LogP contribution in [0.25, 0.3) is 10.9 Å². The van der Waals surface area contributed by atoms with Crippen LogP contribution in [0.4, 0.5) is 0 Å². The number of benzene rings is 2. The fourth-order valence-corrected chi connectivity index (χ4v) is 2.28. The van der Waals surface area contributed by atoms with Gasteiger partial charge < -0.3 is 4.74 Å². The van der Waals surface area contributed by atoms with Crippen LogP contribution in [0.3, 0.4) is 0 Å². The third kappa shape index (κ3) is 2.47. The van der Waals surface area contributed by atoms with Gasteiger partial charge >= 0.3 is 0 Å². The Bertz CT molecular complexity index is 750. The van der Waals surface area contributed by atoms with Gasteiger partial charge in [-0.2, -0.15) is 0 Å². The number of aromatic nitrogens is 1. The Morgan fingerprint density at radius 1 is 1.05 bits per heavy atom. The second-order valence-electron chi connectivity index (χ2n) is 4.67. The molecule has 2 aromatic carbocycles. The summed E-state index contributed by atoms with van der Waals surface area (Å²) in [5.74, 6) is 2.06. The average molecular weight is 284 g/mol. The van der Waals surface area contributed by atoms with Crippen molar-refractivity contribution in [3.8, 4) is 11.5 Å². The van der Waals surface area contributed by atoms with Crippen molar-refractivity contribution >= 4 is 22.5 Å². The predicted octanol–water partition coefficient (Wildman–Crippen LogP) is 5.07. The number of fused-ring (bicyclic) bond motifs is 1. The van der Waals surface area contributed by atoms with Crippen molar-refractivity contribution in [3.63, 3.8) is 0 Å². The zero-order chi connectivity index (χ0) is 13.9. The molecular formula is C17H14ClNO. The first-order valence-corrected chi connectivity index (χ1v) is 6.98. The second-order valence-corrected chi connectivity index (χ2v) is 4.93. The number of hydrogen-bond donors (Lipinski definition) is 0. The maximum atomic E-state index is 6.04. The lowest BCUT2D eigenvalue weighted by atomic mass is 10.1. The number of ether oxygens (including phenoxy) is 1. The summed E-state index contributed by atoms with van der Waals surface area (Å²) < 4.78 is 6.04. The van der Waals surface area contributed by atoms with Crippen LogP contribution in [0.2, 0.25) is 0 Å². The molecule has 0 aliphatic rings. The minimum atomic E-state index is 0.477. The summed E-state index contributed by atoms with van der Waals surface area (Å²) in [6.45, 7) is 2.02. The van der Waals surface area contributed by atoms with Gasteiger partial charge in [0.2, 0.25) is 0 Å². The van der Waals surface area contributed by atoms with Gasteiger partial charge in [-0.3, -0.25) is 4.98 Å². The molecule has 1 aromatic heterocycles. The summed E-state index contributed by atoms with van der Waals surface area (Å²) in [7, 11) is 0. The third-order valence-electron chi connectivity index (χ3n) is 3.22. The Balaban J connectivity index is 2.05. The SMILES string of the molecule is Cc1ccc(CCl)cc1Oc1cccc2cccnc12. The van der Waals surface area contributed by atoms with E-state index in [1.165, 1.54) is 0 Å². The molecule has 1 heterocycles. The number of alkyl halides is 1. The van der Waals surface area contributed by atoms with Gasteiger partial charge in [-0.05, 0) is 36.2 Å². The molecule has 0 fully saturated rings. The van der Waals surface area contributed by atoms with Gasteiger partial charge in [0.15, 0.2) is 5.75 Å². The van der Waals surface area contributed by atoms with E-state index in [2.05, 4.69) is 4.98 Å². The van der Waals surface area contributed by atoms with E-state index in [0.717, 1.165) is 33.5 Å². The number of rotatable bonds is 3. The van der Waals surface area contributed by atoms with Crippen LogP contribution in [-0.4, -0.2) is 4.98 Å². The normalized spacial score (nSPS) is 10.7. The van der Waals surface area contributed by atoms with Crippen LogP contribution in [0.15, 0.2) is 54.7 Å². The molecule has 0 aliphatic carbocycles. The van der Waals surface area contributed by atoms with Gasteiger partial charge in [0.1, 0.15) is 11.3 Å². The Morgan fingerprint density at radius 2 is 1.90 bits per heavy atom. The predicted molar refractivity (Wildman–Crippen MR) is 82.6 cm³/mol. The molecule has 0 saturated carbocycles. The molecule has 0 amide bonds. The van der Waals surface area contributed by atoms with Gasteiger partial charge in [-0.15, -0.1) is 11.6 Å². The highest BCUT2D eigenvalue weighted by atomic mass is 35.5. The molecule has 2 nitrogen and oxygen atoms in total. The van der Waals surface area contributed by atoms with E-state index in [4.69, 9.17) is 16.3 Å². The summed E-state index contributed by atoms with van der Waals surface area (Å²) in [4.78, 5) is 4.40. The number of nitrogens with zero attached hydrogens (tertiary/aromatic N) is 1. The molecule has 3 rings (SSSR count). The minimum Gasteiger partial charge on any atom is -0.455 e. The Kier molecular flexibility index (Phi) is 3.57. The third-order valence-corrected chi connectivity index (χ3v) is 3.53. The lowest BCUT2D eigenvalue weighted by Crippen LogP contribution is -1.91. The zero-order valence-electron chi connectivity index (χ0n) is 11.1. The molecule has 3 heteroatoms. The van der Waals surface area contributed by atoms with Crippen LogP contribution < -0.4 is 4.74 Å². The van der Waals surface area contributed by atoms with E-state index in [1.807, 2.05) is 55.5 Å². The first-order valence-electron chi connectivity index (χ1n) is 6.45. The van der Waals surface area contributed by atoms with Gasteiger partial charge in [0.25, 0.3) is 0 Å². The van der Waals surface area contributed by atoms with E-state index in [-0.39, 0.29) is 0 Å². The molecule has 20 heavy (non-hydrogen) atoms. The van der Waals surface area contributed by atoms with E-state index in [1.54, 1.807) is 6.20 Å². The van der Waals surface area contributed by atoms with Crippen molar-refractivity contribution in [1.82, 2.24) is 4.98 Å². The van der Waals surface area contributed by atoms with Crippen LogP contribution in [-0.2, 0) is 5.88 Å². The molecule has 0 unspecified atom stereocenters. The molecule has 3 aromatic rings. The maximum Gasteiger partial charge on any atom is 0.153 e. The maximum absolute atomic E-state index is 6.04. The molecular weight excluding hydrogens is 270 g/mol. The number of hydrogen-bond acceptors (Lipinski definition) is 2. The highest BCUT2D eigenvalue weighted by molar-refractivity contribution is 6.17. The van der Waals surface area contributed by atoms with E-state index in [9.17, 15) is 0 Å². The molecule has 0 aliphatic heterocycles. The molecule has 0 N–H and O–H groups in total. The Morgan fingerprint density at radius 3 is 2.75 bits per heavy atom. The summed E-state index contributed by atoms with van der Waals surface area (Å²) in [5.41, 5.74) is 2.98. The van der Waals surface area contributed by atoms with Crippen molar-refractivity contribution in [2.75, 3.05) is 0 Å². The molecule has 0 spiro atoms. The first kappa shape index (κ1) is 12.9. The monoisotopic (exact) mass is 283 g/mol. The highest BCUT2D eigenvalue weighted by Crippen LogP contribution is 2.31. The fourth-order valence-electron chi connectivity index (χ4n) is 2.11. The van der Waals surface area contributed by atoms with Crippen molar-refractivity contribution in [1.29, 1.82) is 0 Å². The lowest BCUT2D eigenvalue weighted by Gasteiger charge is -2.11. The Hall–Kier alpha value is -2.06. The average Bonchev–Trinajstić information content (AvgIpc) is 2.50. The summed E-state index contributed by atoms with van der Waals surface area (Å²) >= 11 is 5.88. The van der Waals surface area contributed by atoms with Gasteiger partial charge in [0.05, 0.1) is 0 Å². The quantitative estimate of drug-likeness (QED) is 0.626. The topological polar surface area (TPSA) is 22.1 Å². The largest absolute Gasteiger partial charge is 0.455 e. The highest BCUT2D eigenvalue weighted by Gasteiger charge is 2.07. The number of halogens is 1. The smallest absolute Gasteiger partial charge is 0.153 e. The van der Waals surface area contributed by atoms with Crippen molar-refractivity contribution < 1.29 is 4.74 Å². The molecule has 100 valence electrons. The van der Waals surface area contributed by atoms with E-state index < -0.39 is 0 Å². The van der Waals surface area contributed by atoms with E-state index >= 15 is 0 Å². The summed E-state index contributed by atoms with van der Waals surface area (Å²) in [5, 5.41) is 1.07. The minimum absolute atomic E-state index is 0.477. The standard InChI is InChI=1S/C17H14ClNO/c1-12-7-8-13(11-18)10-16(12)20-15-6-2-4-14-5-3-9-19-17(14)15/h2-10H,11H2,1H3.